The van der Waals surface area contributed by atoms with Crippen molar-refractivity contribution in [2.45, 2.75) is 19.4 Å². The van der Waals surface area contributed by atoms with Crippen molar-refractivity contribution in [3.63, 3.8) is 0 Å². The third kappa shape index (κ3) is 4.45. The van der Waals surface area contributed by atoms with Gasteiger partial charge in [-0.15, -0.1) is 0 Å². The molecule has 5 nitrogen and oxygen atoms in total. The van der Waals surface area contributed by atoms with Crippen LogP contribution < -0.4 is 0 Å². The van der Waals surface area contributed by atoms with E-state index >= 15 is 0 Å². The summed E-state index contributed by atoms with van der Waals surface area (Å²) < 4.78 is 28.6. The summed E-state index contributed by atoms with van der Waals surface area (Å²) in [5.74, 6) is -1.12. The molecule has 2 aromatic rings. The first-order valence-corrected chi connectivity index (χ1v) is 10.8. The fraction of sp³-hybridized carbons (Fsp3) is 0.333. The summed E-state index contributed by atoms with van der Waals surface area (Å²) >= 11 is 0. The van der Waals surface area contributed by atoms with E-state index in [1.54, 1.807) is 30.3 Å². The van der Waals surface area contributed by atoms with E-state index < -0.39 is 21.2 Å². The first-order valence-electron chi connectivity index (χ1n) is 8.79. The lowest BCUT2D eigenvalue weighted by Crippen LogP contribution is -2.52. The van der Waals surface area contributed by atoms with Crippen LogP contribution in [0.1, 0.15) is 28.8 Å². The third-order valence-corrected chi connectivity index (χ3v) is 5.96. The van der Waals surface area contributed by atoms with Gasteiger partial charge < -0.3 is 4.74 Å². The van der Waals surface area contributed by atoms with Gasteiger partial charge in [0.15, 0.2) is 5.78 Å². The van der Waals surface area contributed by atoms with Gasteiger partial charge in [0.2, 0.25) is 0 Å². The molecule has 0 heterocycles. The molecule has 27 heavy (non-hydrogen) atoms. The fourth-order valence-electron chi connectivity index (χ4n) is 3.64. The molecule has 3 rings (SSSR count). The number of Topliss-reactive ketones (excluding diaryl/α,β-unsaturated/α-hetero) is 1. The molecule has 0 aliphatic heterocycles. The van der Waals surface area contributed by atoms with Gasteiger partial charge in [0.1, 0.15) is 21.9 Å². The van der Waals surface area contributed by atoms with Crippen LogP contribution in [0.2, 0.25) is 0 Å². The normalized spacial score (nSPS) is 21.9. The Bertz CT molecular complexity index is 914. The molecule has 0 atom stereocenters. The molecule has 0 bridgehead atoms. The van der Waals surface area contributed by atoms with E-state index in [0.29, 0.717) is 5.56 Å². The van der Waals surface area contributed by atoms with Crippen LogP contribution in [0.3, 0.4) is 0 Å². The van der Waals surface area contributed by atoms with E-state index in [1.807, 2.05) is 30.3 Å². The fourth-order valence-corrected chi connectivity index (χ4v) is 4.74. The minimum absolute atomic E-state index is 0.0250. The van der Waals surface area contributed by atoms with Gasteiger partial charge in [0.05, 0.1) is 5.75 Å². The number of hydrogen-bond acceptors (Lipinski definition) is 5. The number of esters is 1. The molecule has 0 amide bonds. The van der Waals surface area contributed by atoms with Gasteiger partial charge in [0.25, 0.3) is 0 Å². The zero-order chi connectivity index (χ0) is 19.5. The summed E-state index contributed by atoms with van der Waals surface area (Å²) in [4.78, 5) is 25.9. The lowest BCUT2D eigenvalue weighted by atomic mass is 9.59. The lowest BCUT2D eigenvalue weighted by molar-refractivity contribution is -0.161. The molecule has 0 radical (unpaired) electrons. The van der Waals surface area contributed by atoms with E-state index in [0.717, 1.165) is 5.56 Å². The molecule has 1 aliphatic rings. The van der Waals surface area contributed by atoms with Gasteiger partial charge >= 0.3 is 5.97 Å². The van der Waals surface area contributed by atoms with Crippen LogP contribution >= 0.6 is 0 Å². The van der Waals surface area contributed by atoms with Crippen LogP contribution in [0.25, 0.3) is 0 Å². The number of sulfone groups is 1. The van der Waals surface area contributed by atoms with Gasteiger partial charge in [-0.05, 0) is 24.3 Å². The maximum absolute atomic E-state index is 13.1. The maximum Gasteiger partial charge on any atom is 0.320 e. The van der Waals surface area contributed by atoms with Crippen LogP contribution in [0.5, 0.6) is 0 Å². The molecule has 0 spiro atoms. The highest BCUT2D eigenvalue weighted by atomic mass is 32.2. The molecular weight excluding hydrogens is 364 g/mol. The predicted molar refractivity (Wildman–Crippen MR) is 102 cm³/mol. The van der Waals surface area contributed by atoms with E-state index in [-0.39, 0.29) is 36.9 Å². The molecular formula is C21H22O5S. The van der Waals surface area contributed by atoms with E-state index in [4.69, 9.17) is 4.74 Å². The van der Waals surface area contributed by atoms with Crippen molar-refractivity contribution in [3.8, 4) is 0 Å². The molecule has 0 aromatic heterocycles. The Balaban J connectivity index is 1.78. The molecule has 1 fully saturated rings. The van der Waals surface area contributed by atoms with Gasteiger partial charge in [-0.3, -0.25) is 9.59 Å². The van der Waals surface area contributed by atoms with Crippen LogP contribution in [0.15, 0.2) is 60.7 Å². The molecule has 0 unspecified atom stereocenters. The van der Waals surface area contributed by atoms with Gasteiger partial charge in [0, 0.05) is 11.8 Å². The second-order valence-electron chi connectivity index (χ2n) is 7.21. The van der Waals surface area contributed by atoms with Crippen molar-refractivity contribution in [2.75, 3.05) is 12.0 Å². The molecule has 2 aromatic carbocycles. The summed E-state index contributed by atoms with van der Waals surface area (Å²) in [5, 5.41) is 0. The molecule has 6 heteroatoms. The molecule has 1 saturated carbocycles. The van der Waals surface area contributed by atoms with Crippen molar-refractivity contribution in [1.29, 1.82) is 0 Å². The SMILES string of the molecule is CS(=O)(=O)CC1CC(C(=O)OCc2ccccc2)(C(=O)c2ccccc2)C1. The van der Waals surface area contributed by atoms with Crippen LogP contribution in [0, 0.1) is 11.3 Å². The monoisotopic (exact) mass is 386 g/mol. The van der Waals surface area contributed by atoms with Crippen molar-refractivity contribution in [1.82, 2.24) is 0 Å². The Morgan fingerprint density at radius 2 is 1.56 bits per heavy atom. The number of carbonyl (C=O) groups excluding carboxylic acids is 2. The Kier molecular flexibility index (Phi) is 5.46. The molecule has 142 valence electrons. The Morgan fingerprint density at radius 3 is 2.11 bits per heavy atom. The summed E-state index contributed by atoms with van der Waals surface area (Å²) in [5.41, 5.74) is -0.0296. The zero-order valence-corrected chi connectivity index (χ0v) is 15.9. The Hall–Kier alpha value is -2.47. The van der Waals surface area contributed by atoms with Gasteiger partial charge in [-0.2, -0.15) is 0 Å². The van der Waals surface area contributed by atoms with Crippen molar-refractivity contribution in [3.05, 3.63) is 71.8 Å². The summed E-state index contributed by atoms with van der Waals surface area (Å²) in [6.45, 7) is 0.0836. The molecule has 0 N–H and O–H groups in total. The van der Waals surface area contributed by atoms with Crippen LogP contribution in [-0.2, 0) is 26.0 Å². The quantitative estimate of drug-likeness (QED) is 0.415. The highest BCUT2D eigenvalue weighted by Gasteiger charge is 2.57. The highest BCUT2D eigenvalue weighted by molar-refractivity contribution is 7.90. The number of rotatable bonds is 7. The van der Waals surface area contributed by atoms with Crippen LogP contribution in [-0.4, -0.2) is 32.2 Å². The second-order valence-corrected chi connectivity index (χ2v) is 9.39. The van der Waals surface area contributed by atoms with Gasteiger partial charge in [-0.25, -0.2) is 8.42 Å². The zero-order valence-electron chi connectivity index (χ0n) is 15.1. The van der Waals surface area contributed by atoms with Crippen molar-refractivity contribution in [2.24, 2.45) is 11.3 Å². The average Bonchev–Trinajstić information content (AvgIpc) is 2.62. The molecule has 1 aliphatic carbocycles. The number of benzene rings is 2. The Labute approximate surface area is 159 Å². The van der Waals surface area contributed by atoms with Gasteiger partial charge in [-0.1, -0.05) is 60.7 Å². The van der Waals surface area contributed by atoms with E-state index in [1.165, 1.54) is 6.26 Å². The lowest BCUT2D eigenvalue weighted by Gasteiger charge is -2.43. The second kappa shape index (κ2) is 7.64. The van der Waals surface area contributed by atoms with Crippen molar-refractivity contribution >= 4 is 21.6 Å². The highest BCUT2D eigenvalue weighted by Crippen LogP contribution is 2.49. The summed E-state index contributed by atoms with van der Waals surface area (Å²) in [6.07, 6.45) is 1.56. The third-order valence-electron chi connectivity index (χ3n) is 4.89. The van der Waals surface area contributed by atoms with E-state index in [9.17, 15) is 18.0 Å². The minimum atomic E-state index is -3.17. The maximum atomic E-state index is 13.1. The summed E-state index contributed by atoms with van der Waals surface area (Å²) in [6, 6.07) is 17.8. The molecule has 0 saturated heterocycles. The first-order chi connectivity index (χ1) is 12.8. The van der Waals surface area contributed by atoms with Crippen molar-refractivity contribution < 1.29 is 22.7 Å². The predicted octanol–water partition coefficient (Wildman–Crippen LogP) is 3.05. The minimum Gasteiger partial charge on any atom is -0.460 e. The number of ketones is 1. The first kappa shape index (κ1) is 19.3. The van der Waals surface area contributed by atoms with Crippen LogP contribution in [0.4, 0.5) is 0 Å². The summed E-state index contributed by atoms with van der Waals surface area (Å²) in [7, 11) is -3.17. The average molecular weight is 386 g/mol. The van der Waals surface area contributed by atoms with E-state index in [2.05, 4.69) is 0 Å². The topological polar surface area (TPSA) is 77.5 Å². The number of ether oxygens (including phenoxy) is 1. The standard InChI is InChI=1S/C21H22O5S/c1-27(24,25)15-17-12-21(13-17,19(22)18-10-6-3-7-11-18)20(23)26-14-16-8-4-2-5-9-16/h2-11,17H,12-15H2,1H3. The smallest absolute Gasteiger partial charge is 0.320 e. The largest absolute Gasteiger partial charge is 0.460 e. The Morgan fingerprint density at radius 1 is 1.00 bits per heavy atom. The number of carbonyl (C=O) groups is 2. The number of hydrogen-bond donors (Lipinski definition) is 0.